The number of hydrogen-bond donors (Lipinski definition) is 2. The van der Waals surface area contributed by atoms with Gasteiger partial charge in [0.05, 0.1) is 5.60 Å². The van der Waals surface area contributed by atoms with Crippen molar-refractivity contribution in [1.29, 1.82) is 0 Å². The molecule has 0 amide bonds. The van der Waals surface area contributed by atoms with Crippen LogP contribution in [0.5, 0.6) is 0 Å². The van der Waals surface area contributed by atoms with Gasteiger partial charge in [0.1, 0.15) is 0 Å². The molecule has 0 bridgehead atoms. The Kier molecular flexibility index (Phi) is 3.31. The van der Waals surface area contributed by atoms with Crippen molar-refractivity contribution in [1.82, 2.24) is 5.32 Å². The average molecular weight is 219 g/mol. The Balaban J connectivity index is 1.95. The summed E-state index contributed by atoms with van der Waals surface area (Å²) >= 11 is 0. The topological polar surface area (TPSA) is 32.3 Å². The van der Waals surface area contributed by atoms with Gasteiger partial charge in [0, 0.05) is 6.54 Å². The van der Waals surface area contributed by atoms with Gasteiger partial charge in [-0.3, -0.25) is 0 Å². The van der Waals surface area contributed by atoms with Gasteiger partial charge in [-0.25, -0.2) is 0 Å². The summed E-state index contributed by atoms with van der Waals surface area (Å²) in [6.07, 6.45) is 1.11. The van der Waals surface area contributed by atoms with Crippen molar-refractivity contribution in [3.63, 3.8) is 0 Å². The summed E-state index contributed by atoms with van der Waals surface area (Å²) in [5.74, 6) is 0.962. The van der Waals surface area contributed by atoms with E-state index in [1.165, 1.54) is 5.56 Å². The molecular weight excluding hydrogens is 198 g/mol. The molecule has 1 saturated carbocycles. The Bertz CT molecular complexity index is 334. The van der Waals surface area contributed by atoms with Crippen molar-refractivity contribution in [2.45, 2.75) is 31.8 Å². The smallest absolute Gasteiger partial charge is 0.0777 e. The van der Waals surface area contributed by atoms with E-state index in [-0.39, 0.29) is 0 Å². The highest BCUT2D eigenvalue weighted by atomic mass is 16.3. The van der Waals surface area contributed by atoms with Crippen LogP contribution in [0.25, 0.3) is 0 Å². The molecule has 0 aliphatic heterocycles. The van der Waals surface area contributed by atoms with Crippen LogP contribution in [-0.2, 0) is 0 Å². The summed E-state index contributed by atoms with van der Waals surface area (Å²) < 4.78 is 0. The largest absolute Gasteiger partial charge is 0.389 e. The quantitative estimate of drug-likeness (QED) is 0.795. The summed E-state index contributed by atoms with van der Waals surface area (Å²) in [4.78, 5) is 0. The number of benzene rings is 1. The molecule has 2 nitrogen and oxygen atoms in total. The predicted octanol–water partition coefficient (Wildman–Crippen LogP) is 2.15. The summed E-state index contributed by atoms with van der Waals surface area (Å²) in [6, 6.07) is 10.5. The van der Waals surface area contributed by atoms with Crippen LogP contribution in [0, 0.1) is 5.92 Å². The normalized spacial score (nSPS) is 27.4. The molecule has 1 aliphatic rings. The van der Waals surface area contributed by atoms with Crippen molar-refractivity contribution >= 4 is 0 Å². The molecular formula is C14H21NO. The second-order valence-corrected chi connectivity index (χ2v) is 5.00. The lowest BCUT2D eigenvalue weighted by Crippen LogP contribution is -2.40. The van der Waals surface area contributed by atoms with Crippen molar-refractivity contribution in [2.24, 2.45) is 5.92 Å². The molecule has 2 heteroatoms. The molecule has 1 fully saturated rings. The predicted molar refractivity (Wildman–Crippen MR) is 66.5 cm³/mol. The molecule has 0 saturated heterocycles. The molecule has 1 aromatic carbocycles. The zero-order valence-corrected chi connectivity index (χ0v) is 10.1. The lowest BCUT2D eigenvalue weighted by Gasteiger charge is -2.24. The maximum Gasteiger partial charge on any atom is 0.0777 e. The summed E-state index contributed by atoms with van der Waals surface area (Å²) in [5, 5.41) is 13.6. The van der Waals surface area contributed by atoms with E-state index < -0.39 is 5.60 Å². The van der Waals surface area contributed by atoms with Crippen LogP contribution in [0.3, 0.4) is 0 Å². The van der Waals surface area contributed by atoms with E-state index in [1.807, 2.05) is 13.0 Å². The van der Waals surface area contributed by atoms with Gasteiger partial charge in [0.15, 0.2) is 0 Å². The highest BCUT2D eigenvalue weighted by Gasteiger charge is 2.49. The molecule has 0 aromatic heterocycles. The number of likely N-dealkylation sites (N-methyl/N-ethyl adjacent to an activating group) is 1. The third kappa shape index (κ3) is 2.45. The Morgan fingerprint density at radius 1 is 1.38 bits per heavy atom. The molecule has 0 radical (unpaired) electrons. The van der Waals surface area contributed by atoms with E-state index in [0.717, 1.165) is 13.0 Å². The fraction of sp³-hybridized carbons (Fsp3) is 0.571. The molecule has 2 N–H and O–H groups in total. The van der Waals surface area contributed by atoms with Gasteiger partial charge < -0.3 is 10.4 Å². The Labute approximate surface area is 97.7 Å². The molecule has 3 unspecified atom stereocenters. The first-order valence-electron chi connectivity index (χ1n) is 6.13. The van der Waals surface area contributed by atoms with E-state index in [1.54, 1.807) is 0 Å². The SMILES string of the molecule is CCNCC(C)(O)C1CC1c1ccccc1. The monoisotopic (exact) mass is 219 g/mol. The van der Waals surface area contributed by atoms with Crippen LogP contribution >= 0.6 is 0 Å². The molecule has 0 spiro atoms. The minimum atomic E-state index is -0.573. The van der Waals surface area contributed by atoms with Gasteiger partial charge in [-0.2, -0.15) is 0 Å². The van der Waals surface area contributed by atoms with Crippen LogP contribution in [-0.4, -0.2) is 23.8 Å². The van der Waals surface area contributed by atoms with Gasteiger partial charge in [0.2, 0.25) is 0 Å². The van der Waals surface area contributed by atoms with E-state index in [9.17, 15) is 5.11 Å². The van der Waals surface area contributed by atoms with E-state index in [2.05, 4.69) is 36.5 Å². The first-order chi connectivity index (χ1) is 7.65. The van der Waals surface area contributed by atoms with Crippen LogP contribution in [0.15, 0.2) is 30.3 Å². The second-order valence-electron chi connectivity index (χ2n) is 5.00. The summed E-state index contributed by atoms with van der Waals surface area (Å²) in [6.45, 7) is 5.62. The average Bonchev–Trinajstić information content (AvgIpc) is 3.08. The van der Waals surface area contributed by atoms with Gasteiger partial charge in [0.25, 0.3) is 0 Å². The minimum Gasteiger partial charge on any atom is -0.389 e. The van der Waals surface area contributed by atoms with E-state index in [0.29, 0.717) is 18.4 Å². The van der Waals surface area contributed by atoms with Crippen LogP contribution in [0.4, 0.5) is 0 Å². The second kappa shape index (κ2) is 4.56. The molecule has 88 valence electrons. The third-order valence-corrected chi connectivity index (χ3v) is 3.55. The minimum absolute atomic E-state index is 0.411. The Morgan fingerprint density at radius 3 is 2.69 bits per heavy atom. The van der Waals surface area contributed by atoms with Crippen LogP contribution in [0.2, 0.25) is 0 Å². The van der Waals surface area contributed by atoms with Crippen molar-refractivity contribution < 1.29 is 5.11 Å². The summed E-state index contributed by atoms with van der Waals surface area (Å²) in [5.41, 5.74) is 0.792. The summed E-state index contributed by atoms with van der Waals surface area (Å²) in [7, 11) is 0. The van der Waals surface area contributed by atoms with Gasteiger partial charge in [-0.1, -0.05) is 37.3 Å². The number of hydrogen-bond acceptors (Lipinski definition) is 2. The molecule has 3 atom stereocenters. The van der Waals surface area contributed by atoms with Crippen molar-refractivity contribution in [3.8, 4) is 0 Å². The van der Waals surface area contributed by atoms with Crippen LogP contribution < -0.4 is 5.32 Å². The van der Waals surface area contributed by atoms with Gasteiger partial charge in [-0.05, 0) is 37.3 Å². The number of aliphatic hydroxyl groups is 1. The maximum atomic E-state index is 10.4. The zero-order chi connectivity index (χ0) is 11.6. The molecule has 16 heavy (non-hydrogen) atoms. The standard InChI is InChI=1S/C14H21NO/c1-3-15-10-14(2,16)13-9-12(13)11-7-5-4-6-8-11/h4-8,12-13,15-16H,3,9-10H2,1-2H3. The molecule has 2 rings (SSSR count). The van der Waals surface area contributed by atoms with E-state index >= 15 is 0 Å². The fourth-order valence-corrected chi connectivity index (χ4v) is 2.46. The third-order valence-electron chi connectivity index (χ3n) is 3.55. The van der Waals surface area contributed by atoms with Crippen LogP contribution in [0.1, 0.15) is 31.7 Å². The fourth-order valence-electron chi connectivity index (χ4n) is 2.46. The Morgan fingerprint density at radius 2 is 2.06 bits per heavy atom. The Hall–Kier alpha value is -0.860. The van der Waals surface area contributed by atoms with Gasteiger partial charge in [-0.15, -0.1) is 0 Å². The lowest BCUT2D eigenvalue weighted by molar-refractivity contribution is 0.0355. The number of nitrogens with one attached hydrogen (secondary N) is 1. The first kappa shape index (κ1) is 11.6. The molecule has 1 aliphatic carbocycles. The highest BCUT2D eigenvalue weighted by molar-refractivity contribution is 5.27. The van der Waals surface area contributed by atoms with E-state index in [4.69, 9.17) is 0 Å². The lowest BCUT2D eigenvalue weighted by atomic mass is 9.96. The first-order valence-corrected chi connectivity index (χ1v) is 6.13. The maximum absolute atomic E-state index is 10.4. The number of rotatable bonds is 5. The van der Waals surface area contributed by atoms with Crippen molar-refractivity contribution in [2.75, 3.05) is 13.1 Å². The van der Waals surface area contributed by atoms with Crippen molar-refractivity contribution in [3.05, 3.63) is 35.9 Å². The highest BCUT2D eigenvalue weighted by Crippen LogP contribution is 2.53. The molecule has 0 heterocycles. The van der Waals surface area contributed by atoms with Gasteiger partial charge >= 0.3 is 0 Å². The zero-order valence-electron chi connectivity index (χ0n) is 10.1. The molecule has 1 aromatic rings.